The van der Waals surface area contributed by atoms with E-state index in [0.717, 1.165) is 17.7 Å². The largest absolute Gasteiger partial charge is 0.340 e. The Kier molecular flexibility index (Phi) is 6.81. The number of nitro benzene ring substituents is 1. The van der Waals surface area contributed by atoms with Crippen LogP contribution in [-0.4, -0.2) is 60.4 Å². The number of sulfonamides is 1. The monoisotopic (exact) mass is 445 g/mol. The molecule has 1 saturated heterocycles. The number of carbonyl (C=O) groups excluding carboxylic acids is 2. The molecule has 0 aliphatic carbocycles. The van der Waals surface area contributed by atoms with E-state index < -0.39 is 14.9 Å². The van der Waals surface area contributed by atoms with Gasteiger partial charge < -0.3 is 4.90 Å². The lowest BCUT2D eigenvalue weighted by molar-refractivity contribution is -0.384. The van der Waals surface area contributed by atoms with Gasteiger partial charge in [-0.15, -0.1) is 0 Å². The summed E-state index contributed by atoms with van der Waals surface area (Å²) in [5.74, 6) is -0.291. The van der Waals surface area contributed by atoms with E-state index in [1.165, 1.54) is 16.4 Å². The highest BCUT2D eigenvalue weighted by molar-refractivity contribution is 7.89. The van der Waals surface area contributed by atoms with Gasteiger partial charge in [0.2, 0.25) is 15.9 Å². The molecule has 10 heteroatoms. The molecule has 0 N–H and O–H groups in total. The van der Waals surface area contributed by atoms with Gasteiger partial charge in [-0.25, -0.2) is 8.42 Å². The van der Waals surface area contributed by atoms with Crippen LogP contribution in [-0.2, 0) is 14.8 Å². The van der Waals surface area contributed by atoms with E-state index in [9.17, 15) is 28.1 Å². The Bertz CT molecular complexity index is 1070. The van der Waals surface area contributed by atoms with Crippen LogP contribution in [0.4, 0.5) is 5.69 Å². The number of amides is 1. The van der Waals surface area contributed by atoms with Crippen LogP contribution in [0.1, 0.15) is 28.8 Å². The summed E-state index contributed by atoms with van der Waals surface area (Å²) >= 11 is 0. The number of non-ortho nitro benzene ring substituents is 1. The first-order valence-corrected chi connectivity index (χ1v) is 11.2. The molecule has 0 atom stereocenters. The summed E-state index contributed by atoms with van der Waals surface area (Å²) in [6, 6.07) is 11.9. The van der Waals surface area contributed by atoms with Crippen molar-refractivity contribution in [3.05, 3.63) is 69.8 Å². The lowest BCUT2D eigenvalue weighted by Gasteiger charge is -2.34. The molecule has 1 fully saturated rings. The fourth-order valence-corrected chi connectivity index (χ4v) is 4.75. The van der Waals surface area contributed by atoms with Crippen LogP contribution in [0.15, 0.2) is 53.4 Å². The zero-order valence-electron chi connectivity index (χ0n) is 17.1. The van der Waals surface area contributed by atoms with Gasteiger partial charge in [0.05, 0.1) is 9.82 Å². The van der Waals surface area contributed by atoms with Crippen molar-refractivity contribution in [3.8, 4) is 0 Å². The Labute approximate surface area is 180 Å². The second-order valence-corrected chi connectivity index (χ2v) is 9.26. The number of nitro groups is 1. The molecular formula is C21H23N3O6S. The fraction of sp³-hybridized carbons (Fsp3) is 0.333. The number of hydrogen-bond acceptors (Lipinski definition) is 6. The minimum atomic E-state index is -3.80. The lowest BCUT2D eigenvalue weighted by Crippen LogP contribution is -2.50. The van der Waals surface area contributed by atoms with Gasteiger partial charge in [-0.3, -0.25) is 19.7 Å². The molecule has 1 amide bonds. The topological polar surface area (TPSA) is 118 Å². The van der Waals surface area contributed by atoms with Crippen molar-refractivity contribution in [3.63, 3.8) is 0 Å². The van der Waals surface area contributed by atoms with Crippen molar-refractivity contribution in [2.24, 2.45) is 0 Å². The molecule has 0 saturated carbocycles. The van der Waals surface area contributed by atoms with Crippen LogP contribution < -0.4 is 0 Å². The minimum Gasteiger partial charge on any atom is -0.340 e. The van der Waals surface area contributed by atoms with Crippen LogP contribution in [0.3, 0.4) is 0 Å². The molecule has 1 heterocycles. The molecule has 1 aliphatic rings. The van der Waals surface area contributed by atoms with E-state index in [4.69, 9.17) is 0 Å². The van der Waals surface area contributed by atoms with E-state index in [1.807, 2.05) is 19.1 Å². The molecule has 2 aromatic rings. The fourth-order valence-electron chi connectivity index (χ4n) is 3.33. The van der Waals surface area contributed by atoms with Gasteiger partial charge in [-0.1, -0.05) is 29.8 Å². The van der Waals surface area contributed by atoms with Crippen LogP contribution in [0.25, 0.3) is 0 Å². The van der Waals surface area contributed by atoms with E-state index in [-0.39, 0.29) is 61.3 Å². The molecule has 2 aromatic carbocycles. The Morgan fingerprint density at radius 3 is 2.06 bits per heavy atom. The number of Topliss-reactive ketones (excluding diaryl/α,β-unsaturated/α-hetero) is 1. The summed E-state index contributed by atoms with van der Waals surface area (Å²) in [5.41, 5.74) is 1.43. The summed E-state index contributed by atoms with van der Waals surface area (Å²) < 4.78 is 26.8. The van der Waals surface area contributed by atoms with Crippen LogP contribution in [0, 0.1) is 17.0 Å². The average Bonchev–Trinajstić information content (AvgIpc) is 2.77. The van der Waals surface area contributed by atoms with Crippen molar-refractivity contribution >= 4 is 27.4 Å². The van der Waals surface area contributed by atoms with Gasteiger partial charge in [-0.2, -0.15) is 4.31 Å². The van der Waals surface area contributed by atoms with Crippen LogP contribution in [0.5, 0.6) is 0 Å². The maximum absolute atomic E-state index is 12.7. The highest BCUT2D eigenvalue weighted by atomic mass is 32.2. The first kappa shape index (κ1) is 22.6. The molecule has 9 nitrogen and oxygen atoms in total. The zero-order chi connectivity index (χ0) is 22.6. The van der Waals surface area contributed by atoms with Crippen molar-refractivity contribution in [2.45, 2.75) is 24.7 Å². The third kappa shape index (κ3) is 5.33. The second-order valence-electron chi connectivity index (χ2n) is 7.33. The van der Waals surface area contributed by atoms with Gasteiger partial charge in [-0.05, 0) is 19.1 Å². The Hall–Kier alpha value is -3.11. The number of nitrogens with zero attached hydrogens (tertiary/aromatic N) is 3. The minimum absolute atomic E-state index is 0.0263. The Balaban J connectivity index is 1.53. The molecule has 0 spiro atoms. The summed E-state index contributed by atoms with van der Waals surface area (Å²) in [5, 5.41) is 10.7. The Morgan fingerprint density at radius 2 is 1.52 bits per heavy atom. The van der Waals surface area contributed by atoms with E-state index in [2.05, 4.69) is 0 Å². The number of rotatable bonds is 7. The highest BCUT2D eigenvalue weighted by Crippen LogP contribution is 2.21. The summed E-state index contributed by atoms with van der Waals surface area (Å²) in [6.07, 6.45) is 0.172. The number of piperazine rings is 1. The number of hydrogen-bond donors (Lipinski definition) is 0. The molecule has 0 aromatic heterocycles. The van der Waals surface area contributed by atoms with E-state index in [1.54, 1.807) is 17.0 Å². The van der Waals surface area contributed by atoms with Crippen molar-refractivity contribution in [2.75, 3.05) is 26.2 Å². The Morgan fingerprint density at radius 1 is 0.935 bits per heavy atom. The molecular weight excluding hydrogens is 422 g/mol. The molecule has 0 unspecified atom stereocenters. The van der Waals surface area contributed by atoms with Crippen molar-refractivity contribution in [1.29, 1.82) is 0 Å². The van der Waals surface area contributed by atoms with Gasteiger partial charge in [0.25, 0.3) is 5.69 Å². The summed E-state index contributed by atoms with van der Waals surface area (Å²) in [6.45, 7) is 2.63. The number of carbonyl (C=O) groups is 2. The van der Waals surface area contributed by atoms with Crippen LogP contribution in [0.2, 0.25) is 0 Å². The SMILES string of the molecule is Cc1ccc(C(=O)CCC(=O)N2CCN(S(=O)(=O)c3ccc([N+](=O)[O-])cc3)CC2)cc1. The second kappa shape index (κ2) is 9.36. The predicted molar refractivity (Wildman–Crippen MR) is 113 cm³/mol. The molecule has 164 valence electrons. The van der Waals surface area contributed by atoms with Crippen molar-refractivity contribution < 1.29 is 22.9 Å². The van der Waals surface area contributed by atoms with E-state index >= 15 is 0 Å². The first-order valence-electron chi connectivity index (χ1n) is 9.81. The normalized spacial score (nSPS) is 14.9. The maximum atomic E-state index is 12.7. The van der Waals surface area contributed by atoms with Crippen LogP contribution >= 0.6 is 0 Å². The molecule has 3 rings (SSSR count). The standard InChI is InChI=1S/C21H23N3O6S/c1-16-2-4-17(5-3-16)20(25)10-11-21(26)22-12-14-23(15-13-22)31(29,30)19-8-6-18(7-9-19)24(27)28/h2-9H,10-15H2,1H3. The molecule has 0 bridgehead atoms. The highest BCUT2D eigenvalue weighted by Gasteiger charge is 2.30. The van der Waals surface area contributed by atoms with Gasteiger partial charge in [0.15, 0.2) is 5.78 Å². The first-order chi connectivity index (χ1) is 14.7. The third-order valence-corrected chi connectivity index (χ3v) is 7.13. The molecule has 31 heavy (non-hydrogen) atoms. The quantitative estimate of drug-likeness (QED) is 0.367. The summed E-state index contributed by atoms with van der Waals surface area (Å²) in [7, 11) is -3.80. The molecule has 1 aliphatic heterocycles. The van der Waals surface area contributed by atoms with Gasteiger partial charge >= 0.3 is 0 Å². The third-order valence-electron chi connectivity index (χ3n) is 5.22. The average molecular weight is 445 g/mol. The maximum Gasteiger partial charge on any atom is 0.269 e. The predicted octanol–water partition coefficient (Wildman–Crippen LogP) is 2.40. The van der Waals surface area contributed by atoms with Crippen molar-refractivity contribution in [1.82, 2.24) is 9.21 Å². The smallest absolute Gasteiger partial charge is 0.269 e. The number of ketones is 1. The number of aryl methyl sites for hydroxylation is 1. The summed E-state index contributed by atoms with van der Waals surface area (Å²) in [4.78, 5) is 36.4. The van der Waals surface area contributed by atoms with E-state index in [0.29, 0.717) is 5.56 Å². The number of benzene rings is 2. The van der Waals surface area contributed by atoms with Gasteiger partial charge in [0.1, 0.15) is 0 Å². The van der Waals surface area contributed by atoms with Gasteiger partial charge in [0, 0.05) is 56.7 Å². The zero-order valence-corrected chi connectivity index (χ0v) is 17.9. The molecule has 0 radical (unpaired) electrons. The lowest BCUT2D eigenvalue weighted by atomic mass is 10.0.